The number of hydrogen-bond acceptors (Lipinski definition) is 3. The minimum atomic E-state index is -0.907. The van der Waals surface area contributed by atoms with Gasteiger partial charge in [0.1, 0.15) is 6.04 Å². The van der Waals surface area contributed by atoms with E-state index in [2.05, 4.69) is 0 Å². The van der Waals surface area contributed by atoms with Gasteiger partial charge in [0.2, 0.25) is 0 Å². The molecule has 5 heteroatoms. The number of amides is 1. The van der Waals surface area contributed by atoms with Crippen LogP contribution in [-0.2, 0) is 14.3 Å². The molecule has 1 amide bonds. The Balaban J connectivity index is 1.89. The molecule has 3 rings (SSSR count). The molecule has 124 valence electrons. The van der Waals surface area contributed by atoms with Gasteiger partial charge in [-0.15, -0.1) is 0 Å². The lowest BCUT2D eigenvalue weighted by Gasteiger charge is -2.35. The van der Waals surface area contributed by atoms with Crippen LogP contribution >= 0.6 is 0 Å². The van der Waals surface area contributed by atoms with Gasteiger partial charge in [-0.3, -0.25) is 4.79 Å². The second-order valence-corrected chi connectivity index (χ2v) is 6.47. The molecule has 1 N–H and O–H groups in total. The second kappa shape index (κ2) is 6.71. The van der Waals surface area contributed by atoms with Gasteiger partial charge in [-0.05, 0) is 30.7 Å². The lowest BCUT2D eigenvalue weighted by molar-refractivity contribution is -0.155. The first-order valence-corrected chi connectivity index (χ1v) is 8.26. The molecule has 1 saturated carbocycles. The van der Waals surface area contributed by atoms with E-state index < -0.39 is 18.1 Å². The molecule has 4 atom stereocenters. The monoisotopic (exact) mass is 317 g/mol. The average Bonchev–Trinajstić information content (AvgIpc) is 2.96. The molecule has 0 bridgehead atoms. The van der Waals surface area contributed by atoms with E-state index in [9.17, 15) is 14.7 Å². The van der Waals surface area contributed by atoms with Gasteiger partial charge in [0, 0.05) is 13.2 Å². The minimum absolute atomic E-state index is 0.0405. The summed E-state index contributed by atoms with van der Waals surface area (Å²) in [4.78, 5) is 26.4. The van der Waals surface area contributed by atoms with Gasteiger partial charge >= 0.3 is 5.97 Å². The van der Waals surface area contributed by atoms with Crippen LogP contribution in [0.5, 0.6) is 0 Å². The fourth-order valence-electron chi connectivity index (χ4n) is 4.14. The molecule has 1 aliphatic heterocycles. The maximum absolute atomic E-state index is 13.1. The number of rotatable bonds is 4. The predicted molar refractivity (Wildman–Crippen MR) is 84.8 cm³/mol. The SMILES string of the molecule is CO[C@@H](C(=O)N1C(C(=O)O)CC2CCCCC21)c1ccccc1. The first kappa shape index (κ1) is 16.0. The summed E-state index contributed by atoms with van der Waals surface area (Å²) in [5.41, 5.74) is 0.767. The van der Waals surface area contributed by atoms with Crippen molar-refractivity contribution in [3.8, 4) is 0 Å². The number of ether oxygens (including phenoxy) is 1. The molecule has 1 aliphatic carbocycles. The fourth-order valence-corrected chi connectivity index (χ4v) is 4.14. The van der Waals surface area contributed by atoms with E-state index in [-0.39, 0.29) is 11.9 Å². The Kier molecular flexibility index (Phi) is 4.66. The van der Waals surface area contributed by atoms with Crippen molar-refractivity contribution in [3.05, 3.63) is 35.9 Å². The summed E-state index contributed by atoms with van der Waals surface area (Å²) in [6.07, 6.45) is 3.92. The number of carboxylic acids is 1. The van der Waals surface area contributed by atoms with Crippen molar-refractivity contribution in [1.29, 1.82) is 0 Å². The van der Waals surface area contributed by atoms with E-state index in [4.69, 9.17) is 4.74 Å². The first-order chi connectivity index (χ1) is 11.1. The predicted octanol–water partition coefficient (Wildman–Crippen LogP) is 2.62. The summed E-state index contributed by atoms with van der Waals surface area (Å²) < 4.78 is 5.43. The maximum Gasteiger partial charge on any atom is 0.326 e. The molecular formula is C18H23NO4. The normalized spacial score (nSPS) is 28.2. The number of nitrogens with zero attached hydrogens (tertiary/aromatic N) is 1. The number of carboxylic acid groups (broad SMARTS) is 1. The highest BCUT2D eigenvalue weighted by molar-refractivity contribution is 5.88. The number of likely N-dealkylation sites (tertiary alicyclic amines) is 1. The maximum atomic E-state index is 13.1. The van der Waals surface area contributed by atoms with E-state index in [1.54, 1.807) is 4.90 Å². The van der Waals surface area contributed by atoms with Crippen molar-refractivity contribution < 1.29 is 19.4 Å². The topological polar surface area (TPSA) is 66.8 Å². The van der Waals surface area contributed by atoms with Crippen molar-refractivity contribution in [3.63, 3.8) is 0 Å². The quantitative estimate of drug-likeness (QED) is 0.927. The number of methoxy groups -OCH3 is 1. The third kappa shape index (κ3) is 2.98. The molecule has 1 saturated heterocycles. The number of fused-ring (bicyclic) bond motifs is 1. The van der Waals surface area contributed by atoms with Gasteiger partial charge in [0.05, 0.1) is 0 Å². The standard InChI is InChI=1S/C18H23NO4/c1-23-16(12-7-3-2-4-8-12)17(20)19-14-10-6-5-9-13(14)11-15(19)18(21)22/h2-4,7-8,13-16H,5-6,9-11H2,1H3,(H,21,22)/t13?,14?,15?,16-/m1/s1. The highest BCUT2D eigenvalue weighted by Crippen LogP contribution is 2.41. The van der Waals surface area contributed by atoms with Crippen LogP contribution < -0.4 is 0 Å². The Bertz CT molecular complexity index is 574. The number of carbonyl (C=O) groups is 2. The van der Waals surface area contributed by atoms with Crippen LogP contribution in [0.4, 0.5) is 0 Å². The Morgan fingerprint density at radius 2 is 1.91 bits per heavy atom. The van der Waals surface area contributed by atoms with Crippen LogP contribution in [0.2, 0.25) is 0 Å². The van der Waals surface area contributed by atoms with Gasteiger partial charge in [0.25, 0.3) is 5.91 Å². The van der Waals surface area contributed by atoms with Crippen molar-refractivity contribution >= 4 is 11.9 Å². The highest BCUT2D eigenvalue weighted by Gasteiger charge is 2.49. The van der Waals surface area contributed by atoms with Gasteiger partial charge in [-0.1, -0.05) is 43.2 Å². The molecule has 1 heterocycles. The van der Waals surface area contributed by atoms with Crippen LogP contribution in [0.1, 0.15) is 43.8 Å². The van der Waals surface area contributed by atoms with Gasteiger partial charge in [-0.25, -0.2) is 4.79 Å². The zero-order valence-corrected chi connectivity index (χ0v) is 13.4. The van der Waals surface area contributed by atoms with Crippen LogP contribution in [0, 0.1) is 5.92 Å². The van der Waals surface area contributed by atoms with E-state index in [0.29, 0.717) is 12.3 Å². The van der Waals surface area contributed by atoms with Crippen molar-refractivity contribution in [2.75, 3.05) is 7.11 Å². The number of benzene rings is 1. The number of aliphatic carboxylic acids is 1. The molecule has 3 unspecified atom stereocenters. The van der Waals surface area contributed by atoms with E-state index in [0.717, 1.165) is 31.2 Å². The largest absolute Gasteiger partial charge is 0.480 e. The molecule has 2 fully saturated rings. The first-order valence-electron chi connectivity index (χ1n) is 8.26. The molecule has 1 aromatic rings. The van der Waals surface area contributed by atoms with E-state index in [1.165, 1.54) is 7.11 Å². The molecule has 0 spiro atoms. The van der Waals surface area contributed by atoms with Crippen LogP contribution in [0.15, 0.2) is 30.3 Å². The summed E-state index contributed by atoms with van der Waals surface area (Å²) in [5, 5.41) is 9.57. The molecule has 1 aromatic carbocycles. The summed E-state index contributed by atoms with van der Waals surface area (Å²) in [6, 6.07) is 8.60. The molecule has 23 heavy (non-hydrogen) atoms. The molecule has 2 aliphatic rings. The Morgan fingerprint density at radius 1 is 1.22 bits per heavy atom. The molecular weight excluding hydrogens is 294 g/mol. The molecule has 0 aromatic heterocycles. The summed E-state index contributed by atoms with van der Waals surface area (Å²) in [6.45, 7) is 0. The van der Waals surface area contributed by atoms with Gasteiger partial charge in [-0.2, -0.15) is 0 Å². The van der Waals surface area contributed by atoms with E-state index in [1.807, 2.05) is 30.3 Å². The van der Waals surface area contributed by atoms with Crippen LogP contribution in [-0.4, -0.2) is 41.1 Å². The van der Waals surface area contributed by atoms with E-state index >= 15 is 0 Å². The second-order valence-electron chi connectivity index (χ2n) is 6.47. The third-order valence-electron chi connectivity index (χ3n) is 5.19. The lowest BCUT2D eigenvalue weighted by atomic mass is 9.84. The minimum Gasteiger partial charge on any atom is -0.480 e. The molecule has 0 radical (unpaired) electrons. The van der Waals surface area contributed by atoms with Crippen molar-refractivity contribution in [1.82, 2.24) is 4.90 Å². The summed E-state index contributed by atoms with van der Waals surface area (Å²) in [7, 11) is 1.50. The zero-order valence-electron chi connectivity index (χ0n) is 13.4. The zero-order chi connectivity index (χ0) is 16.4. The average molecular weight is 317 g/mol. The summed E-state index contributed by atoms with van der Waals surface area (Å²) >= 11 is 0. The Labute approximate surface area is 136 Å². The van der Waals surface area contributed by atoms with Gasteiger partial charge < -0.3 is 14.7 Å². The van der Waals surface area contributed by atoms with Crippen LogP contribution in [0.3, 0.4) is 0 Å². The summed E-state index contributed by atoms with van der Waals surface area (Å²) in [5.74, 6) is -0.821. The lowest BCUT2D eigenvalue weighted by Crippen LogP contribution is -2.48. The Hall–Kier alpha value is -1.88. The van der Waals surface area contributed by atoms with Gasteiger partial charge in [0.15, 0.2) is 6.10 Å². The number of hydrogen-bond donors (Lipinski definition) is 1. The smallest absolute Gasteiger partial charge is 0.326 e. The van der Waals surface area contributed by atoms with Crippen LogP contribution in [0.25, 0.3) is 0 Å². The van der Waals surface area contributed by atoms with Crippen molar-refractivity contribution in [2.45, 2.75) is 50.3 Å². The highest BCUT2D eigenvalue weighted by atomic mass is 16.5. The number of carbonyl (C=O) groups excluding carboxylic acids is 1. The fraction of sp³-hybridized carbons (Fsp3) is 0.556. The third-order valence-corrected chi connectivity index (χ3v) is 5.19. The molecule has 5 nitrogen and oxygen atoms in total. The van der Waals surface area contributed by atoms with Crippen molar-refractivity contribution in [2.24, 2.45) is 5.92 Å². The Morgan fingerprint density at radius 3 is 2.57 bits per heavy atom.